The molecule has 0 unspecified atom stereocenters. The van der Waals surface area contributed by atoms with E-state index < -0.39 is 0 Å². The number of nitrogen functional groups attached to an aromatic ring is 1. The average molecular weight is 319 g/mol. The lowest BCUT2D eigenvalue weighted by atomic mass is 9.95. The van der Waals surface area contributed by atoms with Crippen molar-refractivity contribution in [1.82, 2.24) is 4.57 Å². The van der Waals surface area contributed by atoms with Crippen LogP contribution in [-0.2, 0) is 19.9 Å². The Morgan fingerprint density at radius 2 is 1.83 bits per heavy atom. The normalized spacial score (nSPS) is 13.7. The number of rotatable bonds is 2. The molecule has 0 saturated carbocycles. The summed E-state index contributed by atoms with van der Waals surface area (Å²) in [5, 5.41) is 4.20. The van der Waals surface area contributed by atoms with E-state index in [0.29, 0.717) is 5.69 Å². The summed E-state index contributed by atoms with van der Waals surface area (Å²) in [6, 6.07) is 13.2. The van der Waals surface area contributed by atoms with E-state index in [1.54, 1.807) is 12.1 Å². The molecule has 0 fully saturated rings. The largest absolute Gasteiger partial charge is 0.399 e. The second-order valence-corrected chi connectivity index (χ2v) is 6.47. The number of hydrogen-bond donors (Lipinski definition) is 2. The highest BCUT2D eigenvalue weighted by Crippen LogP contribution is 2.33. The molecule has 3 aromatic rings. The van der Waals surface area contributed by atoms with Crippen molar-refractivity contribution in [2.45, 2.75) is 25.7 Å². The van der Waals surface area contributed by atoms with Gasteiger partial charge in [-0.2, -0.15) is 0 Å². The summed E-state index contributed by atoms with van der Waals surface area (Å²) in [4.78, 5) is 12.8. The number of amides is 1. The maximum atomic E-state index is 12.8. The Morgan fingerprint density at radius 3 is 2.62 bits per heavy atom. The predicted molar refractivity (Wildman–Crippen MR) is 98.4 cm³/mol. The molecule has 0 radical (unpaired) electrons. The summed E-state index contributed by atoms with van der Waals surface area (Å²) in [5.41, 5.74) is 11.7. The number of nitrogens with zero attached hydrogens (tertiary/aromatic N) is 1. The highest BCUT2D eigenvalue weighted by Gasteiger charge is 2.22. The number of carbonyl (C=O) groups is 1. The van der Waals surface area contributed by atoms with Gasteiger partial charge in [-0.3, -0.25) is 4.79 Å². The topological polar surface area (TPSA) is 60.0 Å². The Labute approximate surface area is 141 Å². The molecule has 1 aliphatic carbocycles. The SMILES string of the molecule is Cn1c2c(c3cccc(C(=O)Nc4ccc(N)cc4)c31)CCCC2. The lowest BCUT2D eigenvalue weighted by Gasteiger charge is -2.13. The lowest BCUT2D eigenvalue weighted by Crippen LogP contribution is -2.13. The number of carbonyl (C=O) groups excluding carboxylic acids is 1. The monoisotopic (exact) mass is 319 g/mol. The van der Waals surface area contributed by atoms with Gasteiger partial charge < -0.3 is 15.6 Å². The molecule has 1 amide bonds. The number of nitrogens with two attached hydrogens (primary N) is 1. The highest BCUT2D eigenvalue weighted by molar-refractivity contribution is 6.13. The van der Waals surface area contributed by atoms with E-state index >= 15 is 0 Å². The van der Waals surface area contributed by atoms with Crippen LogP contribution in [0.1, 0.15) is 34.5 Å². The van der Waals surface area contributed by atoms with E-state index in [2.05, 4.69) is 23.0 Å². The Bertz CT molecular complexity index is 922. The molecule has 0 atom stereocenters. The first-order valence-corrected chi connectivity index (χ1v) is 8.41. The minimum atomic E-state index is -0.0803. The van der Waals surface area contributed by atoms with Crippen LogP contribution in [0.5, 0.6) is 0 Å². The van der Waals surface area contributed by atoms with Crippen molar-refractivity contribution in [3.05, 3.63) is 59.3 Å². The molecule has 0 aliphatic heterocycles. The first-order valence-electron chi connectivity index (χ1n) is 8.41. The van der Waals surface area contributed by atoms with Gasteiger partial charge in [-0.25, -0.2) is 0 Å². The maximum Gasteiger partial charge on any atom is 0.257 e. The summed E-state index contributed by atoms with van der Waals surface area (Å²) in [7, 11) is 2.08. The zero-order valence-corrected chi connectivity index (χ0v) is 13.8. The summed E-state index contributed by atoms with van der Waals surface area (Å²) < 4.78 is 2.21. The molecule has 1 aliphatic rings. The minimum Gasteiger partial charge on any atom is -0.399 e. The van der Waals surface area contributed by atoms with Gasteiger partial charge in [-0.1, -0.05) is 12.1 Å². The molecule has 0 bridgehead atoms. The van der Waals surface area contributed by atoms with Gasteiger partial charge in [0, 0.05) is 29.5 Å². The molecule has 4 heteroatoms. The Kier molecular flexibility index (Phi) is 3.53. The number of para-hydroxylation sites is 1. The van der Waals surface area contributed by atoms with Crippen molar-refractivity contribution < 1.29 is 4.79 Å². The van der Waals surface area contributed by atoms with Crippen molar-refractivity contribution in [2.24, 2.45) is 7.05 Å². The van der Waals surface area contributed by atoms with E-state index in [1.807, 2.05) is 24.3 Å². The maximum absolute atomic E-state index is 12.8. The standard InChI is InChI=1S/C20H21N3O/c1-23-18-8-3-2-5-15(18)16-6-4-7-17(19(16)23)20(24)22-14-11-9-13(21)10-12-14/h4,6-7,9-12H,2-3,5,8,21H2,1H3,(H,22,24). The molecule has 3 N–H and O–H groups in total. The quantitative estimate of drug-likeness (QED) is 0.704. The molecule has 2 aromatic carbocycles. The molecular weight excluding hydrogens is 298 g/mol. The molecular formula is C20H21N3O. The van der Waals surface area contributed by atoms with Gasteiger partial charge in [0.05, 0.1) is 11.1 Å². The summed E-state index contributed by atoms with van der Waals surface area (Å²) in [5.74, 6) is -0.0803. The molecule has 4 nitrogen and oxygen atoms in total. The summed E-state index contributed by atoms with van der Waals surface area (Å²) in [6.45, 7) is 0. The third kappa shape index (κ3) is 2.35. The fourth-order valence-corrected chi connectivity index (χ4v) is 3.78. The first-order chi connectivity index (χ1) is 11.6. The van der Waals surface area contributed by atoms with Crippen molar-refractivity contribution in [1.29, 1.82) is 0 Å². The van der Waals surface area contributed by atoms with Crippen LogP contribution in [0.4, 0.5) is 11.4 Å². The molecule has 1 aromatic heterocycles. The van der Waals surface area contributed by atoms with Gasteiger partial charge in [-0.05, 0) is 61.6 Å². The fourth-order valence-electron chi connectivity index (χ4n) is 3.78. The minimum absolute atomic E-state index is 0.0803. The third-order valence-corrected chi connectivity index (χ3v) is 4.95. The molecule has 1 heterocycles. The van der Waals surface area contributed by atoms with Gasteiger partial charge in [0.15, 0.2) is 0 Å². The van der Waals surface area contributed by atoms with Crippen LogP contribution in [0.15, 0.2) is 42.5 Å². The van der Waals surface area contributed by atoms with E-state index in [4.69, 9.17) is 5.73 Å². The zero-order chi connectivity index (χ0) is 16.7. The number of aryl methyl sites for hydroxylation is 2. The van der Waals surface area contributed by atoms with Crippen LogP contribution in [0, 0.1) is 0 Å². The van der Waals surface area contributed by atoms with E-state index in [-0.39, 0.29) is 5.91 Å². The van der Waals surface area contributed by atoms with E-state index in [9.17, 15) is 4.79 Å². The molecule has 0 saturated heterocycles. The molecule has 4 rings (SSSR count). The summed E-state index contributed by atoms with van der Waals surface area (Å²) >= 11 is 0. The van der Waals surface area contributed by atoms with E-state index in [0.717, 1.165) is 29.6 Å². The second-order valence-electron chi connectivity index (χ2n) is 6.47. The third-order valence-electron chi connectivity index (χ3n) is 4.95. The van der Waals surface area contributed by atoms with Crippen LogP contribution in [-0.4, -0.2) is 10.5 Å². The molecule has 24 heavy (non-hydrogen) atoms. The van der Waals surface area contributed by atoms with Gasteiger partial charge in [0.25, 0.3) is 5.91 Å². The van der Waals surface area contributed by atoms with Gasteiger partial charge in [0.1, 0.15) is 0 Å². The summed E-state index contributed by atoms with van der Waals surface area (Å²) in [6.07, 6.45) is 4.66. The van der Waals surface area contributed by atoms with Gasteiger partial charge in [0.2, 0.25) is 0 Å². The Morgan fingerprint density at radius 1 is 1.08 bits per heavy atom. The van der Waals surface area contributed by atoms with Crippen LogP contribution in [0.2, 0.25) is 0 Å². The van der Waals surface area contributed by atoms with Gasteiger partial charge in [-0.15, -0.1) is 0 Å². The number of anilines is 2. The predicted octanol–water partition coefficient (Wildman–Crippen LogP) is 3.89. The Hall–Kier alpha value is -2.75. The highest BCUT2D eigenvalue weighted by atomic mass is 16.1. The smallest absolute Gasteiger partial charge is 0.257 e. The number of fused-ring (bicyclic) bond motifs is 3. The fraction of sp³-hybridized carbons (Fsp3) is 0.250. The number of benzene rings is 2. The van der Waals surface area contributed by atoms with Crippen LogP contribution in [0.3, 0.4) is 0 Å². The van der Waals surface area contributed by atoms with Crippen LogP contribution < -0.4 is 11.1 Å². The van der Waals surface area contributed by atoms with Crippen molar-refractivity contribution in [3.8, 4) is 0 Å². The number of hydrogen-bond acceptors (Lipinski definition) is 2. The Balaban J connectivity index is 1.77. The zero-order valence-electron chi connectivity index (χ0n) is 13.8. The van der Waals surface area contributed by atoms with Crippen LogP contribution >= 0.6 is 0 Å². The van der Waals surface area contributed by atoms with Crippen molar-refractivity contribution >= 4 is 28.2 Å². The number of nitrogens with one attached hydrogen (secondary N) is 1. The van der Waals surface area contributed by atoms with Crippen molar-refractivity contribution in [3.63, 3.8) is 0 Å². The molecule has 122 valence electrons. The van der Waals surface area contributed by atoms with Crippen molar-refractivity contribution in [2.75, 3.05) is 11.1 Å². The lowest BCUT2D eigenvalue weighted by molar-refractivity contribution is 0.102. The first kappa shape index (κ1) is 14.8. The van der Waals surface area contributed by atoms with E-state index in [1.165, 1.54) is 29.5 Å². The molecule has 0 spiro atoms. The average Bonchev–Trinajstić information content (AvgIpc) is 2.90. The number of aromatic nitrogens is 1. The van der Waals surface area contributed by atoms with Gasteiger partial charge >= 0.3 is 0 Å². The van der Waals surface area contributed by atoms with Crippen LogP contribution in [0.25, 0.3) is 10.9 Å². The second kappa shape index (κ2) is 5.71.